The molecule has 6 nitrogen and oxygen atoms in total. The molecular weight excluding hydrogens is 266 g/mol. The predicted molar refractivity (Wildman–Crippen MR) is 70.5 cm³/mol. The van der Waals surface area contributed by atoms with Crippen molar-refractivity contribution in [3.05, 3.63) is 42.5 Å². The largest absolute Gasteiger partial charge is 0.388 e. The van der Waals surface area contributed by atoms with Gasteiger partial charge in [0.2, 0.25) is 6.33 Å². The zero-order valence-corrected chi connectivity index (χ0v) is 11.6. The topological polar surface area (TPSA) is 75.2 Å². The molecule has 0 bridgehead atoms. The standard InChI is InChI=1S/C12H15N3O3S/c1-13-11-4-3-10(12(7-11)19(16,17)18)8-15-6-5-14(2)9-15/h3-7,9,13H,8H2,1-2H3/p+1. The highest BCUT2D eigenvalue weighted by atomic mass is 32.2. The molecule has 0 aliphatic rings. The van der Waals surface area contributed by atoms with Crippen molar-refractivity contribution in [2.45, 2.75) is 11.4 Å². The predicted octanol–water partition coefficient (Wildman–Crippen LogP) is 0.649. The zero-order valence-electron chi connectivity index (χ0n) is 10.7. The van der Waals surface area contributed by atoms with E-state index in [0.717, 1.165) is 0 Å². The molecule has 2 rings (SSSR count). The van der Waals surface area contributed by atoms with E-state index >= 15 is 0 Å². The molecule has 2 N–H and O–H groups in total. The number of imidazole rings is 1. The molecule has 0 saturated carbocycles. The maximum Gasteiger partial charge on any atom is 0.295 e. The second kappa shape index (κ2) is 5.02. The first-order valence-electron chi connectivity index (χ1n) is 5.69. The molecule has 0 saturated heterocycles. The van der Waals surface area contributed by atoms with Crippen LogP contribution in [0.3, 0.4) is 0 Å². The Bertz CT molecular complexity index is 692. The van der Waals surface area contributed by atoms with Crippen molar-refractivity contribution in [3.63, 3.8) is 0 Å². The molecule has 0 aliphatic carbocycles. The van der Waals surface area contributed by atoms with Gasteiger partial charge in [-0.1, -0.05) is 6.07 Å². The number of benzene rings is 1. The van der Waals surface area contributed by atoms with Crippen LogP contribution in [0.4, 0.5) is 5.69 Å². The summed E-state index contributed by atoms with van der Waals surface area (Å²) in [5, 5.41) is 2.85. The lowest BCUT2D eigenvalue weighted by Gasteiger charge is -2.08. The van der Waals surface area contributed by atoms with Crippen molar-refractivity contribution < 1.29 is 17.5 Å². The van der Waals surface area contributed by atoms with Crippen molar-refractivity contribution in [2.24, 2.45) is 7.05 Å². The lowest BCUT2D eigenvalue weighted by Crippen LogP contribution is -2.32. The smallest absolute Gasteiger partial charge is 0.295 e. The minimum Gasteiger partial charge on any atom is -0.388 e. The average Bonchev–Trinajstić information content (AvgIpc) is 2.74. The molecule has 1 aromatic heterocycles. The Morgan fingerprint density at radius 2 is 2.16 bits per heavy atom. The summed E-state index contributed by atoms with van der Waals surface area (Å²) in [5.74, 6) is 0. The molecule has 0 spiro atoms. The van der Waals surface area contributed by atoms with Crippen molar-refractivity contribution in [1.29, 1.82) is 0 Å². The van der Waals surface area contributed by atoms with Crippen molar-refractivity contribution in [1.82, 2.24) is 4.57 Å². The fourth-order valence-corrected chi connectivity index (χ4v) is 2.61. The Balaban J connectivity index is 2.45. The van der Waals surface area contributed by atoms with Gasteiger partial charge in [0.25, 0.3) is 10.1 Å². The molecule has 0 atom stereocenters. The monoisotopic (exact) mass is 282 g/mol. The third-order valence-corrected chi connectivity index (χ3v) is 3.75. The van der Waals surface area contributed by atoms with Crippen LogP contribution in [0, 0.1) is 0 Å². The molecule has 0 unspecified atom stereocenters. The number of rotatable bonds is 4. The molecule has 19 heavy (non-hydrogen) atoms. The number of anilines is 1. The van der Waals surface area contributed by atoms with Crippen LogP contribution in [0.5, 0.6) is 0 Å². The first-order valence-corrected chi connectivity index (χ1v) is 7.13. The maximum absolute atomic E-state index is 11.4. The van der Waals surface area contributed by atoms with Crippen LogP contribution in [-0.4, -0.2) is 24.6 Å². The quantitative estimate of drug-likeness (QED) is 0.638. The molecule has 102 valence electrons. The molecule has 7 heteroatoms. The van der Waals surface area contributed by atoms with E-state index in [1.807, 2.05) is 34.9 Å². The second-order valence-corrected chi connectivity index (χ2v) is 5.69. The highest BCUT2D eigenvalue weighted by molar-refractivity contribution is 7.85. The van der Waals surface area contributed by atoms with Gasteiger partial charge in [-0.15, -0.1) is 0 Å². The second-order valence-electron chi connectivity index (χ2n) is 4.30. The summed E-state index contributed by atoms with van der Waals surface area (Å²) in [6.45, 7) is 0.375. The Hall–Kier alpha value is -1.86. The number of hydrogen-bond acceptors (Lipinski definition) is 3. The molecule has 2 aromatic rings. The first kappa shape index (κ1) is 13.6. The summed E-state index contributed by atoms with van der Waals surface area (Å²) in [5.41, 5.74) is 1.17. The number of nitrogens with zero attached hydrogens (tertiary/aromatic N) is 2. The van der Waals surface area contributed by atoms with E-state index < -0.39 is 10.1 Å². The summed E-state index contributed by atoms with van der Waals surface area (Å²) in [6, 6.07) is 4.89. The van der Waals surface area contributed by atoms with E-state index in [1.54, 1.807) is 19.2 Å². The van der Waals surface area contributed by atoms with Crippen LogP contribution >= 0.6 is 0 Å². The Morgan fingerprint density at radius 1 is 1.42 bits per heavy atom. The molecular formula is C12H16N3O3S+. The van der Waals surface area contributed by atoms with Crippen LogP contribution in [0.25, 0.3) is 0 Å². The summed E-state index contributed by atoms with van der Waals surface area (Å²) >= 11 is 0. The molecule has 1 aromatic carbocycles. The highest BCUT2D eigenvalue weighted by Crippen LogP contribution is 2.20. The fraction of sp³-hybridized carbons (Fsp3) is 0.250. The van der Waals surface area contributed by atoms with E-state index in [-0.39, 0.29) is 4.90 Å². The Labute approximate surface area is 112 Å². The van der Waals surface area contributed by atoms with Gasteiger partial charge in [0.1, 0.15) is 23.8 Å². The van der Waals surface area contributed by atoms with Gasteiger partial charge in [-0.25, -0.2) is 9.13 Å². The summed E-state index contributed by atoms with van der Waals surface area (Å²) in [7, 11) is -0.671. The van der Waals surface area contributed by atoms with Gasteiger partial charge >= 0.3 is 0 Å². The van der Waals surface area contributed by atoms with E-state index in [1.165, 1.54) is 6.07 Å². The van der Waals surface area contributed by atoms with Gasteiger partial charge in [0.15, 0.2) is 0 Å². The Morgan fingerprint density at radius 3 is 2.68 bits per heavy atom. The molecule has 0 radical (unpaired) electrons. The van der Waals surface area contributed by atoms with Crippen LogP contribution in [0.15, 0.2) is 41.8 Å². The van der Waals surface area contributed by atoms with Crippen LogP contribution < -0.4 is 9.88 Å². The van der Waals surface area contributed by atoms with Gasteiger partial charge in [-0.2, -0.15) is 8.42 Å². The summed E-state index contributed by atoms with van der Waals surface area (Å²) in [6.07, 6.45) is 5.52. The Kier molecular flexibility index (Phi) is 3.59. The maximum atomic E-state index is 11.4. The fourth-order valence-electron chi connectivity index (χ4n) is 1.87. The number of aromatic nitrogens is 2. The molecule has 1 heterocycles. The summed E-state index contributed by atoms with van der Waals surface area (Å²) < 4.78 is 35.9. The SMILES string of the molecule is CNc1ccc(C[n+]2ccn(C)c2)c(S(=O)(=O)O)c1. The van der Waals surface area contributed by atoms with Gasteiger partial charge in [0, 0.05) is 18.3 Å². The van der Waals surface area contributed by atoms with E-state index in [4.69, 9.17) is 0 Å². The summed E-state index contributed by atoms with van der Waals surface area (Å²) in [4.78, 5) is -0.0734. The third kappa shape index (κ3) is 3.12. The third-order valence-electron chi connectivity index (χ3n) is 2.81. The number of hydrogen-bond donors (Lipinski definition) is 2. The molecule has 0 aliphatic heterocycles. The van der Waals surface area contributed by atoms with Gasteiger partial charge in [-0.05, 0) is 12.1 Å². The zero-order chi connectivity index (χ0) is 14.0. The van der Waals surface area contributed by atoms with E-state index in [0.29, 0.717) is 17.8 Å². The van der Waals surface area contributed by atoms with E-state index in [9.17, 15) is 13.0 Å². The van der Waals surface area contributed by atoms with Gasteiger partial charge < -0.3 is 5.32 Å². The molecule has 0 fully saturated rings. The normalized spacial score (nSPS) is 11.5. The lowest BCUT2D eigenvalue weighted by atomic mass is 10.2. The van der Waals surface area contributed by atoms with Crippen molar-refractivity contribution >= 4 is 15.8 Å². The number of nitrogens with one attached hydrogen (secondary N) is 1. The van der Waals surface area contributed by atoms with Crippen LogP contribution in [0.1, 0.15) is 5.56 Å². The van der Waals surface area contributed by atoms with Gasteiger partial charge in [0.05, 0.1) is 7.05 Å². The minimum absolute atomic E-state index is 0.0734. The first-order chi connectivity index (χ1) is 8.90. The van der Waals surface area contributed by atoms with Crippen molar-refractivity contribution in [2.75, 3.05) is 12.4 Å². The van der Waals surface area contributed by atoms with E-state index in [2.05, 4.69) is 5.32 Å². The molecule has 0 amide bonds. The van der Waals surface area contributed by atoms with Crippen LogP contribution in [0.2, 0.25) is 0 Å². The van der Waals surface area contributed by atoms with Gasteiger partial charge in [-0.3, -0.25) is 4.55 Å². The van der Waals surface area contributed by atoms with Crippen molar-refractivity contribution in [3.8, 4) is 0 Å². The number of aryl methyl sites for hydroxylation is 1. The minimum atomic E-state index is -4.24. The highest BCUT2D eigenvalue weighted by Gasteiger charge is 2.17. The van der Waals surface area contributed by atoms with Crippen LogP contribution in [-0.2, 0) is 23.7 Å². The lowest BCUT2D eigenvalue weighted by molar-refractivity contribution is -0.688. The average molecular weight is 282 g/mol.